The number of aliphatic hydroxyl groups is 3. The van der Waals surface area contributed by atoms with Crippen LogP contribution in [0.5, 0.6) is 0 Å². The quantitative estimate of drug-likeness (QED) is 0.0586. The van der Waals surface area contributed by atoms with Gasteiger partial charge in [-0.05, 0) is 12.8 Å². The van der Waals surface area contributed by atoms with Crippen molar-refractivity contribution in [3.63, 3.8) is 0 Å². The Balaban J connectivity index is 3.71. The van der Waals surface area contributed by atoms with Crippen molar-refractivity contribution in [3.05, 3.63) is 0 Å². The molecule has 2 atom stereocenters. The van der Waals surface area contributed by atoms with Crippen molar-refractivity contribution >= 4 is 5.91 Å². The Morgan fingerprint density at radius 1 is 0.533 bits per heavy atom. The van der Waals surface area contributed by atoms with E-state index in [1.165, 1.54) is 133 Å². The summed E-state index contributed by atoms with van der Waals surface area (Å²) in [6.07, 6.45) is 30.9. The second-order valence-corrected chi connectivity index (χ2v) is 13.4. The van der Waals surface area contributed by atoms with Crippen molar-refractivity contribution in [1.82, 2.24) is 4.90 Å². The van der Waals surface area contributed by atoms with Gasteiger partial charge >= 0.3 is 0 Å². The van der Waals surface area contributed by atoms with Crippen LogP contribution in [0.1, 0.15) is 181 Å². The molecular formula is C38H77NO6. The zero-order valence-corrected chi connectivity index (χ0v) is 30.0. The van der Waals surface area contributed by atoms with Crippen LogP contribution in [-0.2, 0) is 14.3 Å². The van der Waals surface area contributed by atoms with Gasteiger partial charge in [-0.25, -0.2) is 0 Å². The summed E-state index contributed by atoms with van der Waals surface area (Å²) in [5, 5.41) is 29.9. The van der Waals surface area contributed by atoms with Gasteiger partial charge in [-0.1, -0.05) is 162 Å². The van der Waals surface area contributed by atoms with Gasteiger partial charge in [0.05, 0.1) is 32.5 Å². The molecule has 45 heavy (non-hydrogen) atoms. The fourth-order valence-electron chi connectivity index (χ4n) is 5.85. The summed E-state index contributed by atoms with van der Waals surface area (Å²) in [5.41, 5.74) is 0. The minimum Gasteiger partial charge on any atom is -0.395 e. The maximum Gasteiger partial charge on any atom is 0.222 e. The first-order chi connectivity index (χ1) is 22.0. The highest BCUT2D eigenvalue weighted by molar-refractivity contribution is 5.76. The average Bonchev–Trinajstić information content (AvgIpc) is 3.03. The summed E-state index contributed by atoms with van der Waals surface area (Å²) in [4.78, 5) is 14.2. The zero-order chi connectivity index (χ0) is 33.1. The van der Waals surface area contributed by atoms with Gasteiger partial charge < -0.3 is 29.7 Å². The molecule has 0 aromatic rings. The number of hydrogen-bond acceptors (Lipinski definition) is 6. The normalized spacial score (nSPS) is 12.9. The lowest BCUT2D eigenvalue weighted by Crippen LogP contribution is -2.41. The van der Waals surface area contributed by atoms with Gasteiger partial charge in [-0.3, -0.25) is 4.79 Å². The molecule has 3 N–H and O–H groups in total. The number of hydrogen-bond donors (Lipinski definition) is 3. The minimum atomic E-state index is -0.860. The highest BCUT2D eigenvalue weighted by Crippen LogP contribution is 2.14. The van der Waals surface area contributed by atoms with E-state index in [9.17, 15) is 20.1 Å². The predicted molar refractivity (Wildman–Crippen MR) is 189 cm³/mol. The molecule has 0 aromatic carbocycles. The number of ether oxygens (including phenoxy) is 2. The third kappa shape index (κ3) is 33.0. The predicted octanol–water partition coefficient (Wildman–Crippen LogP) is 8.74. The molecule has 7 heteroatoms. The molecule has 0 radical (unpaired) electrons. The van der Waals surface area contributed by atoms with E-state index in [0.717, 1.165) is 32.1 Å². The first-order valence-corrected chi connectivity index (χ1v) is 19.4. The first kappa shape index (κ1) is 44.3. The molecule has 0 bridgehead atoms. The Morgan fingerprint density at radius 2 is 0.911 bits per heavy atom. The van der Waals surface area contributed by atoms with Crippen LogP contribution < -0.4 is 0 Å². The number of aliphatic hydroxyl groups excluding tert-OH is 3. The van der Waals surface area contributed by atoms with Crippen LogP contribution in [-0.4, -0.2) is 84.5 Å². The van der Waals surface area contributed by atoms with E-state index in [1.807, 2.05) is 0 Å². The van der Waals surface area contributed by atoms with E-state index in [4.69, 9.17) is 9.47 Å². The second kappa shape index (κ2) is 36.1. The number of amides is 1. The first-order valence-electron chi connectivity index (χ1n) is 19.4. The fourth-order valence-corrected chi connectivity index (χ4v) is 5.85. The van der Waals surface area contributed by atoms with Gasteiger partial charge in [0.25, 0.3) is 0 Å². The third-order valence-electron chi connectivity index (χ3n) is 8.72. The highest BCUT2D eigenvalue weighted by Gasteiger charge is 2.17. The van der Waals surface area contributed by atoms with E-state index < -0.39 is 12.2 Å². The van der Waals surface area contributed by atoms with Crippen molar-refractivity contribution < 1.29 is 29.6 Å². The monoisotopic (exact) mass is 644 g/mol. The Labute approximate surface area is 279 Å². The highest BCUT2D eigenvalue weighted by atomic mass is 16.5. The van der Waals surface area contributed by atoms with Crippen LogP contribution in [0.15, 0.2) is 0 Å². The van der Waals surface area contributed by atoms with Crippen LogP contribution >= 0.6 is 0 Å². The smallest absolute Gasteiger partial charge is 0.222 e. The molecule has 0 aromatic heterocycles. The molecule has 0 heterocycles. The molecule has 2 unspecified atom stereocenters. The molecule has 0 saturated carbocycles. The van der Waals surface area contributed by atoms with Crippen LogP contribution in [0.25, 0.3) is 0 Å². The zero-order valence-electron chi connectivity index (χ0n) is 30.0. The van der Waals surface area contributed by atoms with Crippen molar-refractivity contribution in [3.8, 4) is 0 Å². The van der Waals surface area contributed by atoms with Crippen LogP contribution in [0.4, 0.5) is 0 Å². The second-order valence-electron chi connectivity index (χ2n) is 13.4. The number of unbranched alkanes of at least 4 members (excludes halogenated alkanes) is 23. The van der Waals surface area contributed by atoms with Gasteiger partial charge in [-0.2, -0.15) is 0 Å². The molecule has 0 aliphatic rings. The van der Waals surface area contributed by atoms with Crippen LogP contribution in [0.3, 0.4) is 0 Å². The SMILES string of the molecule is CCCCCCCCCCCCCCCC(=O)N(CCO)CC(O)COCC(O)COCCCCCCCCCCCCCC. The molecule has 0 aliphatic heterocycles. The lowest BCUT2D eigenvalue weighted by molar-refractivity contribution is -0.134. The van der Waals surface area contributed by atoms with E-state index in [2.05, 4.69) is 13.8 Å². The average molecular weight is 644 g/mol. The van der Waals surface area contributed by atoms with Crippen molar-refractivity contribution in [1.29, 1.82) is 0 Å². The van der Waals surface area contributed by atoms with Gasteiger partial charge in [0.15, 0.2) is 0 Å². The minimum absolute atomic E-state index is 0.0302. The molecular weight excluding hydrogens is 566 g/mol. The maximum atomic E-state index is 12.7. The summed E-state index contributed by atoms with van der Waals surface area (Å²) in [7, 11) is 0. The van der Waals surface area contributed by atoms with Gasteiger partial charge in [-0.15, -0.1) is 0 Å². The summed E-state index contributed by atoms with van der Waals surface area (Å²) >= 11 is 0. The lowest BCUT2D eigenvalue weighted by Gasteiger charge is -2.25. The Hall–Kier alpha value is -0.730. The summed E-state index contributed by atoms with van der Waals surface area (Å²) < 4.78 is 11.1. The van der Waals surface area contributed by atoms with Gasteiger partial charge in [0, 0.05) is 26.1 Å². The molecule has 270 valence electrons. The summed E-state index contributed by atoms with van der Waals surface area (Å²) in [6.45, 7) is 5.72. The molecule has 0 saturated heterocycles. The summed E-state index contributed by atoms with van der Waals surface area (Å²) in [6, 6.07) is 0. The van der Waals surface area contributed by atoms with Gasteiger partial charge in [0.1, 0.15) is 6.10 Å². The molecule has 1 amide bonds. The molecule has 0 rings (SSSR count). The van der Waals surface area contributed by atoms with Crippen LogP contribution in [0, 0.1) is 0 Å². The molecule has 7 nitrogen and oxygen atoms in total. The number of carbonyl (C=O) groups is 1. The topological polar surface area (TPSA) is 99.5 Å². The standard InChI is InChI=1S/C38H77NO6/c1-3-5-7-9-11-13-15-17-18-20-22-24-26-28-38(43)39(29-30-40)32-36(41)33-45-35-37(42)34-44-31-27-25-23-21-19-16-14-12-10-8-6-4-2/h36-37,40-42H,3-35H2,1-2H3. The Morgan fingerprint density at radius 3 is 1.36 bits per heavy atom. The van der Waals surface area contributed by atoms with Crippen molar-refractivity contribution in [2.75, 3.05) is 46.1 Å². The lowest BCUT2D eigenvalue weighted by atomic mass is 10.0. The molecule has 0 spiro atoms. The van der Waals surface area contributed by atoms with E-state index in [1.54, 1.807) is 0 Å². The Kier molecular flexibility index (Phi) is 35.5. The van der Waals surface area contributed by atoms with Crippen molar-refractivity contribution in [2.24, 2.45) is 0 Å². The van der Waals surface area contributed by atoms with Gasteiger partial charge in [0.2, 0.25) is 5.91 Å². The number of nitrogens with zero attached hydrogens (tertiary/aromatic N) is 1. The number of rotatable bonds is 37. The Bertz CT molecular complexity index is 593. The van der Waals surface area contributed by atoms with Crippen LogP contribution in [0.2, 0.25) is 0 Å². The van der Waals surface area contributed by atoms with E-state index >= 15 is 0 Å². The maximum absolute atomic E-state index is 12.7. The molecule has 0 fully saturated rings. The van der Waals surface area contributed by atoms with Crippen molar-refractivity contribution in [2.45, 2.75) is 193 Å². The third-order valence-corrected chi connectivity index (χ3v) is 8.72. The summed E-state index contributed by atoms with van der Waals surface area (Å²) in [5.74, 6) is -0.0302. The largest absolute Gasteiger partial charge is 0.395 e. The van der Waals surface area contributed by atoms with E-state index in [-0.39, 0.29) is 45.4 Å². The van der Waals surface area contributed by atoms with E-state index in [0.29, 0.717) is 13.0 Å². The number of carbonyl (C=O) groups excluding carboxylic acids is 1. The fraction of sp³-hybridized carbons (Fsp3) is 0.974. The molecule has 0 aliphatic carbocycles.